The average molecular weight is 363 g/mol. The molecule has 1 saturated carbocycles. The predicted molar refractivity (Wildman–Crippen MR) is 98.0 cm³/mol. The van der Waals surface area contributed by atoms with Crippen LogP contribution in [0.5, 0.6) is 0 Å². The molecule has 1 heterocycles. The molecule has 2 N–H and O–H groups in total. The number of aromatic nitrogens is 1. The van der Waals surface area contributed by atoms with Gasteiger partial charge in [-0.25, -0.2) is 9.59 Å². The van der Waals surface area contributed by atoms with Crippen LogP contribution >= 0.6 is 0 Å². The first-order valence-electron chi connectivity index (χ1n) is 9.27. The lowest BCUT2D eigenvalue weighted by Gasteiger charge is -2.29. The van der Waals surface area contributed by atoms with Gasteiger partial charge in [-0.05, 0) is 45.6 Å². The summed E-state index contributed by atoms with van der Waals surface area (Å²) in [5.41, 5.74) is 2.21. The van der Waals surface area contributed by atoms with Crippen LogP contribution in [0, 0.1) is 19.8 Å². The minimum absolute atomic E-state index is 0.0820. The number of hydrogen-bond acceptors (Lipinski definition) is 4. The number of aryl methyl sites for hydroxylation is 1. The molecule has 7 nitrogen and oxygen atoms in total. The van der Waals surface area contributed by atoms with E-state index in [1.165, 1.54) is 6.42 Å². The van der Waals surface area contributed by atoms with Crippen molar-refractivity contribution in [2.75, 3.05) is 6.61 Å². The Morgan fingerprint density at radius 1 is 1.23 bits per heavy atom. The number of carbonyl (C=O) groups excluding carboxylic acids is 3. The number of amides is 3. The first-order valence-corrected chi connectivity index (χ1v) is 9.27. The maximum absolute atomic E-state index is 12.2. The van der Waals surface area contributed by atoms with Gasteiger partial charge in [-0.2, -0.15) is 0 Å². The highest BCUT2D eigenvalue weighted by molar-refractivity contribution is 5.97. The molecule has 26 heavy (non-hydrogen) atoms. The summed E-state index contributed by atoms with van der Waals surface area (Å²) >= 11 is 0. The van der Waals surface area contributed by atoms with Crippen LogP contribution in [0.1, 0.15) is 61.3 Å². The van der Waals surface area contributed by atoms with Gasteiger partial charge < -0.3 is 14.6 Å². The van der Waals surface area contributed by atoms with E-state index in [4.69, 9.17) is 4.74 Å². The minimum Gasteiger partial charge on any atom is -0.452 e. The Bertz CT molecular complexity index is 681. The van der Waals surface area contributed by atoms with Gasteiger partial charge in [0.05, 0.1) is 5.56 Å². The van der Waals surface area contributed by atoms with Crippen molar-refractivity contribution in [2.45, 2.75) is 66.0 Å². The predicted octanol–water partition coefficient (Wildman–Crippen LogP) is 2.69. The molecule has 7 heteroatoms. The summed E-state index contributed by atoms with van der Waals surface area (Å²) in [6.45, 7) is 8.12. The Kier molecular flexibility index (Phi) is 6.83. The second kappa shape index (κ2) is 8.87. The number of nitrogens with zero attached hydrogens (tertiary/aromatic N) is 1. The van der Waals surface area contributed by atoms with Crippen molar-refractivity contribution >= 4 is 17.9 Å². The zero-order valence-corrected chi connectivity index (χ0v) is 16.1. The van der Waals surface area contributed by atoms with E-state index in [9.17, 15) is 14.4 Å². The molecule has 1 aliphatic rings. The molecule has 144 valence electrons. The number of nitrogens with one attached hydrogen (secondary N) is 2. The zero-order chi connectivity index (χ0) is 19.3. The highest BCUT2D eigenvalue weighted by Crippen LogP contribution is 2.23. The Hall–Kier alpha value is -2.31. The molecule has 2 rings (SSSR count). The van der Waals surface area contributed by atoms with E-state index in [1.54, 1.807) is 6.07 Å². The van der Waals surface area contributed by atoms with Crippen molar-refractivity contribution in [3.63, 3.8) is 0 Å². The lowest BCUT2D eigenvalue weighted by atomic mass is 9.86. The normalized spacial score (nSPS) is 19.7. The number of esters is 1. The lowest BCUT2D eigenvalue weighted by Crippen LogP contribution is -2.48. The average Bonchev–Trinajstić information content (AvgIpc) is 2.88. The molecule has 0 spiro atoms. The summed E-state index contributed by atoms with van der Waals surface area (Å²) in [7, 11) is 0. The summed E-state index contributed by atoms with van der Waals surface area (Å²) < 4.78 is 7.05. The minimum atomic E-state index is -0.636. The lowest BCUT2D eigenvalue weighted by molar-refractivity contribution is -0.123. The van der Waals surface area contributed by atoms with E-state index in [0.717, 1.165) is 37.2 Å². The van der Waals surface area contributed by atoms with Crippen LogP contribution < -0.4 is 10.6 Å². The van der Waals surface area contributed by atoms with Gasteiger partial charge in [0.2, 0.25) is 0 Å². The number of ether oxygens (including phenoxy) is 1. The molecule has 0 aliphatic heterocycles. The summed E-state index contributed by atoms with van der Waals surface area (Å²) in [5.74, 6) is -0.797. The Labute approximate surface area is 154 Å². The van der Waals surface area contributed by atoms with E-state index in [1.807, 2.05) is 25.3 Å². The van der Waals surface area contributed by atoms with Crippen molar-refractivity contribution < 1.29 is 19.1 Å². The molecule has 0 radical (unpaired) electrons. The van der Waals surface area contributed by atoms with Crippen molar-refractivity contribution in [3.05, 3.63) is 23.0 Å². The van der Waals surface area contributed by atoms with Crippen molar-refractivity contribution in [2.24, 2.45) is 5.92 Å². The molecule has 1 aliphatic carbocycles. The molecular formula is C19H29N3O4. The van der Waals surface area contributed by atoms with Crippen LogP contribution in [0.15, 0.2) is 6.07 Å². The maximum Gasteiger partial charge on any atom is 0.340 e. The molecule has 0 bridgehead atoms. The van der Waals surface area contributed by atoms with Gasteiger partial charge in [0.25, 0.3) is 5.91 Å². The largest absolute Gasteiger partial charge is 0.452 e. The number of hydrogen-bond donors (Lipinski definition) is 2. The third-order valence-corrected chi connectivity index (χ3v) is 5.13. The topological polar surface area (TPSA) is 89.4 Å². The van der Waals surface area contributed by atoms with E-state index >= 15 is 0 Å². The number of urea groups is 1. The fourth-order valence-corrected chi connectivity index (χ4v) is 3.60. The van der Waals surface area contributed by atoms with Gasteiger partial charge in [-0.15, -0.1) is 0 Å². The smallest absolute Gasteiger partial charge is 0.340 e. The van der Waals surface area contributed by atoms with Gasteiger partial charge in [0, 0.05) is 24.0 Å². The van der Waals surface area contributed by atoms with Crippen LogP contribution in [0.4, 0.5) is 4.79 Å². The fourth-order valence-electron chi connectivity index (χ4n) is 3.60. The molecule has 2 atom stereocenters. The fraction of sp³-hybridized carbons (Fsp3) is 0.632. The second-order valence-electron chi connectivity index (χ2n) is 7.00. The van der Waals surface area contributed by atoms with Crippen molar-refractivity contribution in [1.29, 1.82) is 0 Å². The van der Waals surface area contributed by atoms with Crippen LogP contribution in [-0.4, -0.2) is 35.1 Å². The molecule has 0 aromatic carbocycles. The standard InChI is InChI=1S/C19H29N3O4/c1-5-22-13(3)10-15(14(22)4)18(24)26-11-17(23)21-19(25)20-16-9-7-6-8-12(16)2/h10,12,16H,5-9,11H2,1-4H3,(H2,20,21,23,25)/t12-,16+/m0/s1. The van der Waals surface area contributed by atoms with E-state index < -0.39 is 24.5 Å². The first-order chi connectivity index (χ1) is 12.3. The Morgan fingerprint density at radius 3 is 2.54 bits per heavy atom. The summed E-state index contributed by atoms with van der Waals surface area (Å²) in [5, 5.41) is 5.06. The third-order valence-electron chi connectivity index (χ3n) is 5.13. The molecule has 0 saturated heterocycles. The maximum atomic E-state index is 12.2. The van der Waals surface area contributed by atoms with Gasteiger partial charge in [-0.3, -0.25) is 10.1 Å². The number of imide groups is 1. The summed E-state index contributed by atoms with van der Waals surface area (Å²) in [6.07, 6.45) is 4.25. The first kappa shape index (κ1) is 20.0. The Balaban J connectivity index is 1.81. The van der Waals surface area contributed by atoms with Gasteiger partial charge in [0.15, 0.2) is 6.61 Å². The molecule has 0 unspecified atom stereocenters. The van der Waals surface area contributed by atoms with E-state index in [2.05, 4.69) is 17.6 Å². The third kappa shape index (κ3) is 4.86. The highest BCUT2D eigenvalue weighted by Gasteiger charge is 2.24. The van der Waals surface area contributed by atoms with Gasteiger partial charge in [-0.1, -0.05) is 19.8 Å². The van der Waals surface area contributed by atoms with Crippen molar-refractivity contribution in [3.8, 4) is 0 Å². The molecule has 1 aromatic heterocycles. The van der Waals surface area contributed by atoms with E-state index in [-0.39, 0.29) is 6.04 Å². The molecule has 1 fully saturated rings. The SMILES string of the molecule is CCn1c(C)cc(C(=O)OCC(=O)NC(=O)N[C@@H]2CCCC[C@@H]2C)c1C. The Morgan fingerprint density at radius 2 is 1.92 bits per heavy atom. The molecule has 3 amide bonds. The highest BCUT2D eigenvalue weighted by atomic mass is 16.5. The van der Waals surface area contributed by atoms with Crippen molar-refractivity contribution in [1.82, 2.24) is 15.2 Å². The van der Waals surface area contributed by atoms with Gasteiger partial charge in [0.1, 0.15) is 0 Å². The van der Waals surface area contributed by atoms with E-state index in [0.29, 0.717) is 11.5 Å². The second-order valence-corrected chi connectivity index (χ2v) is 7.00. The molecule has 1 aromatic rings. The van der Waals surface area contributed by atoms with Crippen LogP contribution in [0.2, 0.25) is 0 Å². The van der Waals surface area contributed by atoms with Crippen LogP contribution in [0.3, 0.4) is 0 Å². The zero-order valence-electron chi connectivity index (χ0n) is 16.1. The van der Waals surface area contributed by atoms with Crippen LogP contribution in [0.25, 0.3) is 0 Å². The number of carbonyl (C=O) groups is 3. The van der Waals surface area contributed by atoms with Crippen LogP contribution in [-0.2, 0) is 16.1 Å². The van der Waals surface area contributed by atoms with Gasteiger partial charge >= 0.3 is 12.0 Å². The number of rotatable bonds is 5. The summed E-state index contributed by atoms with van der Waals surface area (Å²) in [6, 6.07) is 1.29. The molecular weight excluding hydrogens is 334 g/mol. The quantitative estimate of drug-likeness (QED) is 0.787. The summed E-state index contributed by atoms with van der Waals surface area (Å²) in [4.78, 5) is 36.0. The monoisotopic (exact) mass is 363 g/mol.